The highest BCUT2D eigenvalue weighted by molar-refractivity contribution is 5.32. The van der Waals surface area contributed by atoms with E-state index in [-0.39, 0.29) is 0 Å². The third kappa shape index (κ3) is 2.35. The number of aliphatic imine (C=N–C) groups is 1. The number of rotatable bonds is 3. The number of nitrogens with zero attached hydrogens (tertiary/aromatic N) is 3. The van der Waals surface area contributed by atoms with Gasteiger partial charge in [-0.3, -0.25) is 0 Å². The van der Waals surface area contributed by atoms with E-state index in [1.807, 2.05) is 17.8 Å². The third-order valence-corrected chi connectivity index (χ3v) is 1.30. The second-order valence-electron chi connectivity index (χ2n) is 2.25. The molecule has 0 amide bonds. The maximum absolute atomic E-state index is 9.68. The van der Waals surface area contributed by atoms with Gasteiger partial charge in [-0.2, -0.15) is 0 Å². The first-order chi connectivity index (χ1) is 5.33. The van der Waals surface area contributed by atoms with Gasteiger partial charge in [-0.15, -0.1) is 0 Å². The van der Waals surface area contributed by atoms with E-state index in [1.165, 1.54) is 6.08 Å². The van der Waals surface area contributed by atoms with Gasteiger partial charge in [-0.05, 0) is 0 Å². The van der Waals surface area contributed by atoms with Gasteiger partial charge in [0.25, 0.3) is 0 Å². The normalized spacial score (nSPS) is 9.18. The zero-order chi connectivity index (χ0) is 8.10. The van der Waals surface area contributed by atoms with E-state index in [9.17, 15) is 4.79 Å². The van der Waals surface area contributed by atoms with Crippen molar-refractivity contribution in [2.75, 3.05) is 6.54 Å². The molecular weight excluding hydrogens is 142 g/mol. The lowest BCUT2D eigenvalue weighted by Gasteiger charge is -1.86. The van der Waals surface area contributed by atoms with Crippen LogP contribution >= 0.6 is 0 Å². The molecule has 0 bridgehead atoms. The Bertz CT molecular complexity index is 273. The van der Waals surface area contributed by atoms with E-state index in [0.717, 1.165) is 5.69 Å². The predicted molar refractivity (Wildman–Crippen MR) is 39.9 cm³/mol. The van der Waals surface area contributed by atoms with Gasteiger partial charge in [0.05, 0.1) is 18.6 Å². The van der Waals surface area contributed by atoms with Crippen molar-refractivity contribution in [1.29, 1.82) is 0 Å². The quantitative estimate of drug-likeness (QED) is 0.460. The highest BCUT2D eigenvalue weighted by Gasteiger charge is 1.93. The molecule has 0 aliphatic heterocycles. The maximum Gasteiger partial charge on any atom is 0.234 e. The Kier molecular flexibility index (Phi) is 2.58. The Morgan fingerprint density at radius 1 is 1.82 bits per heavy atom. The van der Waals surface area contributed by atoms with E-state index in [0.29, 0.717) is 13.0 Å². The van der Waals surface area contributed by atoms with Crippen LogP contribution in [-0.4, -0.2) is 22.2 Å². The fourth-order valence-corrected chi connectivity index (χ4v) is 0.812. The lowest BCUT2D eigenvalue weighted by atomic mass is 10.3. The topological polar surface area (TPSA) is 47.2 Å². The number of carbonyl (C=O) groups excluding carboxylic acids is 1. The minimum Gasteiger partial charge on any atom is -0.340 e. The average Bonchev–Trinajstić information content (AvgIpc) is 2.37. The monoisotopic (exact) mass is 151 g/mol. The molecule has 0 saturated carbocycles. The molecule has 0 spiro atoms. The van der Waals surface area contributed by atoms with Gasteiger partial charge in [0, 0.05) is 19.7 Å². The van der Waals surface area contributed by atoms with E-state index >= 15 is 0 Å². The summed E-state index contributed by atoms with van der Waals surface area (Å²) in [4.78, 5) is 17.2. The molecule has 0 aliphatic rings. The Balaban J connectivity index is 2.44. The number of hydrogen-bond acceptors (Lipinski definition) is 3. The zero-order valence-corrected chi connectivity index (χ0v) is 6.32. The van der Waals surface area contributed by atoms with Crippen LogP contribution in [0.5, 0.6) is 0 Å². The molecular formula is C7H9N3O. The molecule has 0 unspecified atom stereocenters. The molecule has 0 radical (unpaired) electrons. The van der Waals surface area contributed by atoms with Crippen LogP contribution < -0.4 is 0 Å². The number of imidazole rings is 1. The molecule has 0 N–H and O–H groups in total. The summed E-state index contributed by atoms with van der Waals surface area (Å²) in [7, 11) is 1.90. The average molecular weight is 151 g/mol. The van der Waals surface area contributed by atoms with Gasteiger partial charge in [0.15, 0.2) is 0 Å². The van der Waals surface area contributed by atoms with Crippen LogP contribution in [0, 0.1) is 0 Å². The van der Waals surface area contributed by atoms with E-state index in [4.69, 9.17) is 0 Å². The fourth-order valence-electron chi connectivity index (χ4n) is 0.812. The predicted octanol–water partition coefficient (Wildman–Crippen LogP) is 0.298. The highest BCUT2D eigenvalue weighted by Crippen LogP contribution is 1.94. The van der Waals surface area contributed by atoms with Crippen LogP contribution in [0.25, 0.3) is 0 Å². The summed E-state index contributed by atoms with van der Waals surface area (Å²) in [6.45, 7) is 0.473. The second kappa shape index (κ2) is 3.68. The fraction of sp³-hybridized carbons (Fsp3) is 0.429. The van der Waals surface area contributed by atoms with Crippen LogP contribution in [0.15, 0.2) is 17.5 Å². The van der Waals surface area contributed by atoms with E-state index in [2.05, 4.69) is 9.98 Å². The van der Waals surface area contributed by atoms with Gasteiger partial charge in [0.1, 0.15) is 0 Å². The van der Waals surface area contributed by atoms with Crippen molar-refractivity contribution >= 4 is 6.08 Å². The summed E-state index contributed by atoms with van der Waals surface area (Å²) in [6, 6.07) is 0. The molecule has 11 heavy (non-hydrogen) atoms. The minimum absolute atomic E-state index is 0.473. The molecule has 0 atom stereocenters. The van der Waals surface area contributed by atoms with Gasteiger partial charge >= 0.3 is 0 Å². The molecule has 1 heterocycles. The van der Waals surface area contributed by atoms with Crippen molar-refractivity contribution in [1.82, 2.24) is 9.55 Å². The van der Waals surface area contributed by atoms with Crippen LogP contribution in [0.2, 0.25) is 0 Å². The van der Waals surface area contributed by atoms with Crippen molar-refractivity contribution < 1.29 is 4.79 Å². The Morgan fingerprint density at radius 2 is 2.64 bits per heavy atom. The molecule has 1 aromatic rings. The first kappa shape index (κ1) is 7.69. The number of isocyanates is 1. The molecule has 0 aromatic carbocycles. The summed E-state index contributed by atoms with van der Waals surface area (Å²) >= 11 is 0. The molecule has 0 fully saturated rings. The van der Waals surface area contributed by atoms with Crippen molar-refractivity contribution in [2.45, 2.75) is 6.42 Å². The van der Waals surface area contributed by atoms with Crippen LogP contribution in [-0.2, 0) is 18.3 Å². The van der Waals surface area contributed by atoms with Gasteiger partial charge in [-0.1, -0.05) is 0 Å². The van der Waals surface area contributed by atoms with Crippen LogP contribution in [0.3, 0.4) is 0 Å². The van der Waals surface area contributed by atoms with Crippen molar-refractivity contribution in [2.24, 2.45) is 12.0 Å². The van der Waals surface area contributed by atoms with E-state index < -0.39 is 0 Å². The molecule has 1 rings (SSSR count). The summed E-state index contributed by atoms with van der Waals surface area (Å²) < 4.78 is 1.86. The largest absolute Gasteiger partial charge is 0.340 e. The molecule has 0 aliphatic carbocycles. The standard InChI is InChI=1S/C7H9N3O/c1-10-4-7(9-5-10)2-3-8-6-11/h4-5H,2-3H2,1H3. The molecule has 4 nitrogen and oxygen atoms in total. The maximum atomic E-state index is 9.68. The Morgan fingerprint density at radius 3 is 3.18 bits per heavy atom. The number of aryl methyl sites for hydroxylation is 1. The lowest BCUT2D eigenvalue weighted by Crippen LogP contribution is -1.88. The van der Waals surface area contributed by atoms with E-state index in [1.54, 1.807) is 6.33 Å². The third-order valence-electron chi connectivity index (χ3n) is 1.30. The summed E-state index contributed by atoms with van der Waals surface area (Å²) in [5.74, 6) is 0. The number of hydrogen-bond donors (Lipinski definition) is 0. The van der Waals surface area contributed by atoms with Crippen molar-refractivity contribution in [3.05, 3.63) is 18.2 Å². The van der Waals surface area contributed by atoms with Gasteiger partial charge in [0.2, 0.25) is 6.08 Å². The van der Waals surface area contributed by atoms with Crippen LogP contribution in [0.4, 0.5) is 0 Å². The minimum atomic E-state index is 0.473. The Hall–Kier alpha value is -1.41. The highest BCUT2D eigenvalue weighted by atomic mass is 16.1. The van der Waals surface area contributed by atoms with Crippen LogP contribution in [0.1, 0.15) is 5.69 Å². The first-order valence-electron chi connectivity index (χ1n) is 3.33. The van der Waals surface area contributed by atoms with Gasteiger partial charge < -0.3 is 4.57 Å². The Labute approximate surface area is 64.6 Å². The molecule has 58 valence electrons. The zero-order valence-electron chi connectivity index (χ0n) is 6.32. The summed E-state index contributed by atoms with van der Waals surface area (Å²) in [5, 5.41) is 0. The molecule has 0 saturated heterocycles. The van der Waals surface area contributed by atoms with Gasteiger partial charge in [-0.25, -0.2) is 14.8 Å². The molecule has 4 heteroatoms. The molecule has 1 aromatic heterocycles. The smallest absolute Gasteiger partial charge is 0.234 e. The van der Waals surface area contributed by atoms with Crippen molar-refractivity contribution in [3.8, 4) is 0 Å². The SMILES string of the molecule is Cn1cnc(CCN=C=O)c1. The second-order valence-corrected chi connectivity index (χ2v) is 2.25. The summed E-state index contributed by atoms with van der Waals surface area (Å²) in [5.41, 5.74) is 0.950. The van der Waals surface area contributed by atoms with Crippen molar-refractivity contribution in [3.63, 3.8) is 0 Å². The number of aromatic nitrogens is 2. The first-order valence-corrected chi connectivity index (χ1v) is 3.33. The summed E-state index contributed by atoms with van der Waals surface area (Å²) in [6.07, 6.45) is 5.81. The lowest BCUT2D eigenvalue weighted by molar-refractivity contribution is 0.563.